The predicted molar refractivity (Wildman–Crippen MR) is 180 cm³/mol. The topological polar surface area (TPSA) is 113 Å². The molecule has 4 heterocycles. The summed E-state index contributed by atoms with van der Waals surface area (Å²) in [7, 11) is 2.10. The van der Waals surface area contributed by atoms with Gasteiger partial charge in [-0.25, -0.2) is 28.8 Å². The molecule has 0 unspecified atom stereocenters. The summed E-state index contributed by atoms with van der Waals surface area (Å²) in [5.41, 5.74) is 2.92. The summed E-state index contributed by atoms with van der Waals surface area (Å²) in [6.45, 7) is 14.2. The number of anilines is 3. The average Bonchev–Trinajstić information content (AvgIpc) is 3.38. The molecule has 6 rings (SSSR count). The van der Waals surface area contributed by atoms with Gasteiger partial charge in [0.2, 0.25) is 0 Å². The molecule has 46 heavy (non-hydrogen) atoms. The first-order valence-corrected chi connectivity index (χ1v) is 15.2. The van der Waals surface area contributed by atoms with E-state index in [1.807, 2.05) is 37.3 Å². The highest BCUT2D eigenvalue weighted by Gasteiger charge is 2.18. The first-order valence-electron chi connectivity index (χ1n) is 15.2. The summed E-state index contributed by atoms with van der Waals surface area (Å²) < 4.78 is 22.6. The third-order valence-electron chi connectivity index (χ3n) is 6.72. The molecule has 0 bridgehead atoms. The number of para-hydroxylation sites is 1. The number of likely N-dealkylation sites (N-methyl/N-ethyl adjacent to an activating group) is 1. The number of ether oxygens (including phenoxy) is 1. The van der Waals surface area contributed by atoms with E-state index >= 15 is 4.39 Å². The SMILES string of the molecule is CC(C)(C)C.Cc1cc(NC(=O)Nc2ccc(Oc3ccnc4nc(N5CCN(C)CC5)cnc34)cc2F)n(-c2ccccc2)n1. The van der Waals surface area contributed by atoms with E-state index in [1.54, 1.807) is 35.3 Å². The number of hydrogen-bond donors (Lipinski definition) is 2. The molecule has 2 N–H and O–H groups in total. The highest BCUT2D eigenvalue weighted by atomic mass is 19.1. The zero-order chi connectivity index (χ0) is 32.8. The van der Waals surface area contributed by atoms with E-state index in [1.165, 1.54) is 12.1 Å². The number of halogens is 1. The number of pyridine rings is 1. The van der Waals surface area contributed by atoms with Gasteiger partial charge in [-0.3, -0.25) is 5.32 Å². The smallest absolute Gasteiger partial charge is 0.324 e. The molecule has 3 aromatic heterocycles. The van der Waals surface area contributed by atoms with Crippen molar-refractivity contribution in [3.8, 4) is 17.2 Å². The number of carbonyl (C=O) groups is 1. The molecule has 1 fully saturated rings. The summed E-state index contributed by atoms with van der Waals surface area (Å²) in [5.74, 6) is 1.19. The normalized spacial score (nSPS) is 13.6. The number of nitrogens with zero attached hydrogens (tertiary/aromatic N) is 7. The minimum atomic E-state index is -0.660. The van der Waals surface area contributed by atoms with E-state index in [0.29, 0.717) is 28.1 Å². The molecule has 1 saturated heterocycles. The molecule has 0 aliphatic carbocycles. The number of carbonyl (C=O) groups excluding carboxylic acids is 1. The summed E-state index contributed by atoms with van der Waals surface area (Å²) >= 11 is 0. The largest absolute Gasteiger partial charge is 0.455 e. The standard InChI is InChI=1S/C29H28FN9O2.C5H12/c1-19-16-25(39(36-19)20-6-4-3-5-7-20)35-29(40)33-23-9-8-21(17-22(23)30)41-24-10-11-31-28-27(24)32-18-26(34-28)38-14-12-37(2)13-15-38;1-5(2,3)4/h3-11,16-18H,12-15H2,1-2H3,(H2,33,35,40);1-4H3. The van der Waals surface area contributed by atoms with Crippen molar-refractivity contribution in [2.75, 3.05) is 48.8 Å². The van der Waals surface area contributed by atoms with Gasteiger partial charge in [0, 0.05) is 50.6 Å². The zero-order valence-electron chi connectivity index (χ0n) is 27.1. The van der Waals surface area contributed by atoms with Gasteiger partial charge in [0.05, 0.1) is 23.3 Å². The van der Waals surface area contributed by atoms with E-state index in [9.17, 15) is 4.79 Å². The third kappa shape index (κ3) is 8.54. The van der Waals surface area contributed by atoms with Crippen LogP contribution in [0.25, 0.3) is 16.9 Å². The highest BCUT2D eigenvalue weighted by molar-refractivity contribution is 5.99. The number of fused-ring (bicyclic) bond motifs is 1. The summed E-state index contributed by atoms with van der Waals surface area (Å²) in [5, 5.41) is 9.71. The van der Waals surface area contributed by atoms with Crippen LogP contribution in [-0.2, 0) is 0 Å². The molecule has 2 amide bonds. The van der Waals surface area contributed by atoms with Gasteiger partial charge < -0.3 is 19.9 Å². The van der Waals surface area contributed by atoms with Crippen LogP contribution in [0, 0.1) is 18.2 Å². The van der Waals surface area contributed by atoms with Gasteiger partial charge in [0.25, 0.3) is 0 Å². The Morgan fingerprint density at radius 2 is 1.65 bits per heavy atom. The lowest BCUT2D eigenvalue weighted by atomic mass is 10.0. The van der Waals surface area contributed by atoms with Crippen LogP contribution in [0.2, 0.25) is 0 Å². The maximum absolute atomic E-state index is 15.0. The molecule has 0 saturated carbocycles. The molecule has 0 radical (unpaired) electrons. The fourth-order valence-electron chi connectivity index (χ4n) is 4.57. The van der Waals surface area contributed by atoms with Crippen molar-refractivity contribution in [2.45, 2.75) is 34.6 Å². The van der Waals surface area contributed by atoms with E-state index < -0.39 is 11.8 Å². The van der Waals surface area contributed by atoms with Crippen LogP contribution in [0.15, 0.2) is 73.1 Å². The van der Waals surface area contributed by atoms with Crippen LogP contribution in [0.5, 0.6) is 11.5 Å². The summed E-state index contributed by atoms with van der Waals surface area (Å²) in [6.07, 6.45) is 3.29. The molecular weight excluding hydrogens is 585 g/mol. The number of amides is 2. The van der Waals surface area contributed by atoms with Crippen LogP contribution in [0.4, 0.5) is 26.5 Å². The second-order valence-electron chi connectivity index (χ2n) is 12.7. The molecule has 240 valence electrons. The summed E-state index contributed by atoms with van der Waals surface area (Å²) in [6, 6.07) is 16.4. The maximum atomic E-state index is 15.0. The molecule has 2 aromatic carbocycles. The summed E-state index contributed by atoms with van der Waals surface area (Å²) in [4.78, 5) is 30.7. The zero-order valence-corrected chi connectivity index (χ0v) is 27.1. The fourth-order valence-corrected chi connectivity index (χ4v) is 4.57. The quantitative estimate of drug-likeness (QED) is 0.210. The van der Waals surface area contributed by atoms with Gasteiger partial charge >= 0.3 is 6.03 Å². The Hall–Kier alpha value is -5.10. The van der Waals surface area contributed by atoms with Crippen molar-refractivity contribution in [3.63, 3.8) is 0 Å². The number of urea groups is 1. The van der Waals surface area contributed by atoms with Crippen LogP contribution in [0.1, 0.15) is 33.4 Å². The lowest BCUT2D eigenvalue weighted by Gasteiger charge is -2.32. The Kier molecular flexibility index (Phi) is 9.76. The van der Waals surface area contributed by atoms with Gasteiger partial charge in [0.1, 0.15) is 23.2 Å². The first-order chi connectivity index (χ1) is 21.9. The van der Waals surface area contributed by atoms with E-state index in [0.717, 1.165) is 43.4 Å². The second-order valence-corrected chi connectivity index (χ2v) is 12.7. The van der Waals surface area contributed by atoms with E-state index in [4.69, 9.17) is 4.74 Å². The molecule has 0 spiro atoms. The van der Waals surface area contributed by atoms with Crippen molar-refractivity contribution in [1.29, 1.82) is 0 Å². The lowest BCUT2D eigenvalue weighted by Crippen LogP contribution is -2.44. The number of rotatable bonds is 6. The van der Waals surface area contributed by atoms with Gasteiger partial charge in [-0.05, 0) is 43.7 Å². The Balaban J connectivity index is 0.000000775. The number of piperazine rings is 1. The average molecular weight is 626 g/mol. The Labute approximate surface area is 268 Å². The van der Waals surface area contributed by atoms with Crippen molar-refractivity contribution >= 4 is 34.5 Å². The molecule has 12 heteroatoms. The van der Waals surface area contributed by atoms with E-state index in [-0.39, 0.29) is 11.4 Å². The van der Waals surface area contributed by atoms with Gasteiger partial charge in [-0.15, -0.1) is 0 Å². The van der Waals surface area contributed by atoms with Gasteiger partial charge in [0.15, 0.2) is 16.9 Å². The Morgan fingerprint density at radius 3 is 2.35 bits per heavy atom. The maximum Gasteiger partial charge on any atom is 0.324 e. The molecule has 11 nitrogen and oxygen atoms in total. The third-order valence-corrected chi connectivity index (χ3v) is 6.72. The number of aryl methyl sites for hydroxylation is 1. The molecule has 5 aromatic rings. The molecule has 0 atom stereocenters. The second kappa shape index (κ2) is 13.9. The first kappa shape index (κ1) is 32.3. The van der Waals surface area contributed by atoms with E-state index in [2.05, 4.69) is 75.2 Å². The highest BCUT2D eigenvalue weighted by Crippen LogP contribution is 2.30. The van der Waals surface area contributed by atoms with Crippen LogP contribution in [-0.4, -0.2) is 68.9 Å². The Morgan fingerprint density at radius 1 is 0.935 bits per heavy atom. The van der Waals surface area contributed by atoms with Gasteiger partial charge in [-0.1, -0.05) is 45.9 Å². The van der Waals surface area contributed by atoms with Crippen LogP contribution < -0.4 is 20.3 Å². The van der Waals surface area contributed by atoms with Crippen molar-refractivity contribution < 1.29 is 13.9 Å². The Bertz CT molecular complexity index is 1790. The number of nitrogens with one attached hydrogen (secondary N) is 2. The fraction of sp³-hybridized carbons (Fsp3) is 0.324. The minimum absolute atomic E-state index is 0.00598. The minimum Gasteiger partial charge on any atom is -0.455 e. The van der Waals surface area contributed by atoms with Crippen molar-refractivity contribution in [2.24, 2.45) is 5.41 Å². The molecule has 1 aliphatic rings. The monoisotopic (exact) mass is 625 g/mol. The lowest BCUT2D eigenvalue weighted by molar-refractivity contribution is 0.262. The number of benzene rings is 2. The molecule has 1 aliphatic heterocycles. The molecular formula is C34H40FN9O2. The van der Waals surface area contributed by atoms with Crippen LogP contribution in [0.3, 0.4) is 0 Å². The predicted octanol–water partition coefficient (Wildman–Crippen LogP) is 6.90. The van der Waals surface area contributed by atoms with Crippen LogP contribution >= 0.6 is 0 Å². The number of hydrogen-bond acceptors (Lipinski definition) is 8. The number of aromatic nitrogens is 5. The van der Waals surface area contributed by atoms with Crippen molar-refractivity contribution in [1.82, 2.24) is 29.6 Å². The van der Waals surface area contributed by atoms with Crippen molar-refractivity contribution in [3.05, 3.63) is 84.6 Å². The van der Waals surface area contributed by atoms with Gasteiger partial charge in [-0.2, -0.15) is 5.10 Å².